The number of rotatable bonds is 11. The Morgan fingerprint density at radius 3 is 2.36 bits per heavy atom. The van der Waals surface area contributed by atoms with Crippen molar-refractivity contribution in [3.05, 3.63) is 135 Å². The van der Waals surface area contributed by atoms with Gasteiger partial charge in [-0.25, -0.2) is 22.6 Å². The second-order valence-corrected chi connectivity index (χ2v) is 11.6. The SMILES string of the molecule is C=C(c1ccccc1)S(=O)(=O)Nc1ccc(Cc2nc3c([nH]2)c(=O)n(Cc2ccccc2F)c(=O)n3CCCC)cc1. The minimum absolute atomic E-state index is 0.0377. The fourth-order valence-corrected chi connectivity index (χ4v) is 5.65. The van der Waals surface area contributed by atoms with Crippen molar-refractivity contribution in [2.24, 2.45) is 0 Å². The number of nitrogens with zero attached hydrogens (tertiary/aromatic N) is 3. The van der Waals surface area contributed by atoms with Crippen LogP contribution in [0.25, 0.3) is 16.1 Å². The number of imidazole rings is 1. The second kappa shape index (κ2) is 12.0. The van der Waals surface area contributed by atoms with Crippen LogP contribution >= 0.6 is 0 Å². The van der Waals surface area contributed by atoms with Crippen LogP contribution in [0.2, 0.25) is 0 Å². The molecule has 2 heterocycles. The van der Waals surface area contributed by atoms with Crippen LogP contribution in [0, 0.1) is 5.82 Å². The molecule has 2 N–H and O–H groups in total. The summed E-state index contributed by atoms with van der Waals surface area (Å²) >= 11 is 0. The van der Waals surface area contributed by atoms with E-state index in [0.717, 1.165) is 16.6 Å². The highest BCUT2D eigenvalue weighted by molar-refractivity contribution is 8.01. The van der Waals surface area contributed by atoms with Crippen LogP contribution in [0.4, 0.5) is 10.1 Å². The molecule has 0 spiro atoms. The highest BCUT2D eigenvalue weighted by Crippen LogP contribution is 2.22. The molecule has 5 rings (SSSR count). The predicted octanol–water partition coefficient (Wildman–Crippen LogP) is 4.88. The van der Waals surface area contributed by atoms with E-state index in [2.05, 4.69) is 21.3 Å². The molecule has 0 fully saturated rings. The molecule has 0 aliphatic rings. The van der Waals surface area contributed by atoms with Gasteiger partial charge in [0.15, 0.2) is 5.65 Å². The summed E-state index contributed by atoms with van der Waals surface area (Å²) in [5.74, 6) is -0.0365. The molecule has 0 atom stereocenters. The van der Waals surface area contributed by atoms with Crippen LogP contribution in [0.15, 0.2) is 95.0 Å². The maximum absolute atomic E-state index is 14.4. The zero-order valence-corrected chi connectivity index (χ0v) is 23.8. The summed E-state index contributed by atoms with van der Waals surface area (Å²) in [4.78, 5) is 34.4. The fraction of sp³-hybridized carbons (Fsp3) is 0.194. The molecule has 3 aromatic carbocycles. The molecule has 0 saturated heterocycles. The zero-order valence-electron chi connectivity index (χ0n) is 23.0. The summed E-state index contributed by atoms with van der Waals surface area (Å²) in [6.07, 6.45) is 1.82. The van der Waals surface area contributed by atoms with Crippen LogP contribution < -0.4 is 16.0 Å². The smallest absolute Gasteiger partial charge is 0.333 e. The molecule has 0 radical (unpaired) electrons. The molecule has 9 nitrogen and oxygen atoms in total. The molecule has 11 heteroatoms. The lowest BCUT2D eigenvalue weighted by Gasteiger charge is -2.11. The van der Waals surface area contributed by atoms with Gasteiger partial charge in [0.05, 0.1) is 11.4 Å². The first-order valence-electron chi connectivity index (χ1n) is 13.5. The number of unbranched alkanes of at least 4 members (excludes halogenated alkanes) is 1. The fourth-order valence-electron chi connectivity index (χ4n) is 4.63. The first-order valence-corrected chi connectivity index (χ1v) is 15.0. The number of aromatic amines is 1. The summed E-state index contributed by atoms with van der Waals surface area (Å²) in [6.45, 7) is 5.88. The highest BCUT2D eigenvalue weighted by Gasteiger charge is 2.20. The average molecular weight is 588 g/mol. The third-order valence-electron chi connectivity index (χ3n) is 6.93. The van der Waals surface area contributed by atoms with Crippen molar-refractivity contribution < 1.29 is 12.8 Å². The molecule has 5 aromatic rings. The maximum atomic E-state index is 14.4. The van der Waals surface area contributed by atoms with E-state index in [4.69, 9.17) is 0 Å². The molecular formula is C31H30FN5O4S. The van der Waals surface area contributed by atoms with Gasteiger partial charge in [0.1, 0.15) is 17.2 Å². The van der Waals surface area contributed by atoms with Gasteiger partial charge < -0.3 is 4.98 Å². The van der Waals surface area contributed by atoms with Crippen molar-refractivity contribution in [1.82, 2.24) is 19.1 Å². The van der Waals surface area contributed by atoms with Crippen molar-refractivity contribution in [3.8, 4) is 0 Å². The number of sulfonamides is 1. The van der Waals surface area contributed by atoms with E-state index in [9.17, 15) is 22.4 Å². The molecule has 0 bridgehead atoms. The molecular weight excluding hydrogens is 557 g/mol. The molecule has 0 unspecified atom stereocenters. The number of benzene rings is 3. The summed E-state index contributed by atoms with van der Waals surface area (Å²) in [7, 11) is -3.86. The first kappa shape index (κ1) is 28.7. The van der Waals surface area contributed by atoms with Crippen molar-refractivity contribution in [2.45, 2.75) is 39.3 Å². The van der Waals surface area contributed by atoms with Crippen LogP contribution in [0.1, 0.15) is 42.3 Å². The van der Waals surface area contributed by atoms with E-state index in [1.165, 1.54) is 10.6 Å². The number of hydrogen-bond acceptors (Lipinski definition) is 5. The summed E-state index contributed by atoms with van der Waals surface area (Å²) in [5.41, 5.74) is 1.20. The monoisotopic (exact) mass is 587 g/mol. The van der Waals surface area contributed by atoms with Crippen molar-refractivity contribution in [1.29, 1.82) is 0 Å². The molecule has 2 aromatic heterocycles. The van der Waals surface area contributed by atoms with Gasteiger partial charge in [0.2, 0.25) is 0 Å². The van der Waals surface area contributed by atoms with E-state index in [-0.39, 0.29) is 28.2 Å². The summed E-state index contributed by atoms with van der Waals surface area (Å²) < 4.78 is 45.0. The van der Waals surface area contributed by atoms with E-state index >= 15 is 0 Å². The van der Waals surface area contributed by atoms with Gasteiger partial charge in [0.25, 0.3) is 15.6 Å². The van der Waals surface area contributed by atoms with Gasteiger partial charge in [-0.1, -0.05) is 80.6 Å². The van der Waals surface area contributed by atoms with E-state index < -0.39 is 27.1 Å². The summed E-state index contributed by atoms with van der Waals surface area (Å²) in [5, 5.41) is 0. The second-order valence-electron chi connectivity index (χ2n) is 9.92. The van der Waals surface area contributed by atoms with Gasteiger partial charge in [-0.3, -0.25) is 18.7 Å². The number of nitrogens with one attached hydrogen (secondary N) is 2. The van der Waals surface area contributed by atoms with E-state index in [1.807, 2.05) is 6.92 Å². The van der Waals surface area contributed by atoms with E-state index in [1.54, 1.807) is 72.8 Å². The van der Waals surface area contributed by atoms with Gasteiger partial charge in [-0.15, -0.1) is 0 Å². The Labute approximate surface area is 242 Å². The number of anilines is 1. The Hall–Kier alpha value is -4.77. The van der Waals surface area contributed by atoms with Crippen LogP contribution in [-0.2, 0) is 29.5 Å². The van der Waals surface area contributed by atoms with Gasteiger partial charge in [-0.2, -0.15) is 0 Å². The Balaban J connectivity index is 1.42. The average Bonchev–Trinajstić information content (AvgIpc) is 3.40. The lowest BCUT2D eigenvalue weighted by Crippen LogP contribution is -2.40. The molecule has 42 heavy (non-hydrogen) atoms. The quantitative estimate of drug-likeness (QED) is 0.228. The lowest BCUT2D eigenvalue weighted by atomic mass is 10.1. The number of fused-ring (bicyclic) bond motifs is 1. The molecule has 0 aliphatic carbocycles. The molecule has 0 aliphatic heterocycles. The van der Waals surface area contributed by atoms with Crippen molar-refractivity contribution >= 4 is 31.8 Å². The third kappa shape index (κ3) is 5.96. The van der Waals surface area contributed by atoms with E-state index in [0.29, 0.717) is 36.5 Å². The standard InChI is InChI=1S/C31H30FN5O4S/c1-3-4-18-36-29-28(30(38)37(31(36)39)20-24-12-8-9-13-26(24)32)33-27(34-29)19-22-14-16-25(17-15-22)35-42(40,41)21(2)23-10-6-5-7-11-23/h5-17,35H,2-4,18-20H2,1H3,(H,33,34). The van der Waals surface area contributed by atoms with Crippen LogP contribution in [0.5, 0.6) is 0 Å². The molecule has 0 saturated carbocycles. The van der Waals surface area contributed by atoms with Crippen molar-refractivity contribution in [2.75, 3.05) is 4.72 Å². The Morgan fingerprint density at radius 1 is 0.976 bits per heavy atom. The number of aromatic nitrogens is 4. The number of H-pyrrole nitrogens is 1. The van der Waals surface area contributed by atoms with Crippen LogP contribution in [0.3, 0.4) is 0 Å². The maximum Gasteiger partial charge on any atom is 0.333 e. The Morgan fingerprint density at radius 2 is 1.67 bits per heavy atom. The normalized spacial score (nSPS) is 11.6. The Bertz CT molecular complexity index is 1980. The van der Waals surface area contributed by atoms with Crippen LogP contribution in [-0.4, -0.2) is 27.5 Å². The minimum atomic E-state index is -3.86. The minimum Gasteiger partial charge on any atom is -0.336 e. The van der Waals surface area contributed by atoms with Gasteiger partial charge >= 0.3 is 5.69 Å². The number of hydrogen-bond donors (Lipinski definition) is 2. The van der Waals surface area contributed by atoms with Gasteiger partial charge in [-0.05, 0) is 35.7 Å². The Kier molecular flexibility index (Phi) is 8.21. The molecule has 0 amide bonds. The van der Waals surface area contributed by atoms with Gasteiger partial charge in [0, 0.05) is 24.2 Å². The highest BCUT2D eigenvalue weighted by atomic mass is 32.2. The predicted molar refractivity (Wildman–Crippen MR) is 162 cm³/mol. The largest absolute Gasteiger partial charge is 0.336 e. The third-order valence-corrected chi connectivity index (χ3v) is 8.32. The first-order chi connectivity index (χ1) is 20.2. The topological polar surface area (TPSA) is 119 Å². The summed E-state index contributed by atoms with van der Waals surface area (Å²) in [6, 6.07) is 21.4. The van der Waals surface area contributed by atoms with Crippen molar-refractivity contribution in [3.63, 3.8) is 0 Å². The number of halogens is 1. The number of aryl methyl sites for hydroxylation is 1. The lowest BCUT2D eigenvalue weighted by molar-refractivity contribution is 0.553. The zero-order chi connectivity index (χ0) is 29.9. The molecule has 216 valence electrons.